The molecule has 0 aliphatic carbocycles. The Morgan fingerprint density at radius 2 is 0.479 bits per heavy atom. The lowest BCUT2D eigenvalue weighted by atomic mass is 9.78. The van der Waals surface area contributed by atoms with E-state index in [1.165, 1.54) is 231 Å². The zero-order valence-electron chi connectivity index (χ0n) is 48.1. The fourth-order valence-electron chi connectivity index (χ4n) is 10.5. The molecule has 0 rings (SSSR count). The third-order valence-corrected chi connectivity index (χ3v) is 15.6. The molecule has 0 bridgehead atoms. The van der Waals surface area contributed by atoms with Crippen LogP contribution in [0.1, 0.15) is 367 Å². The summed E-state index contributed by atoms with van der Waals surface area (Å²) in [5.41, 5.74) is -2.81. The van der Waals surface area contributed by atoms with Crippen LogP contribution >= 0.6 is 0 Å². The molecule has 3 N–H and O–H groups in total. The molecule has 0 aliphatic heterocycles. The van der Waals surface area contributed by atoms with Crippen molar-refractivity contribution in [2.45, 2.75) is 385 Å². The van der Waals surface area contributed by atoms with Crippen molar-refractivity contribution in [1.29, 1.82) is 0 Å². The minimum Gasteiger partial charge on any atom is -0.382 e. The summed E-state index contributed by atoms with van der Waals surface area (Å²) in [7, 11) is 0. The lowest BCUT2D eigenvalue weighted by molar-refractivity contribution is -0.181. The van der Waals surface area contributed by atoms with Crippen molar-refractivity contribution in [2.75, 3.05) is 0 Å². The molecule has 0 aliphatic rings. The van der Waals surface area contributed by atoms with Crippen molar-refractivity contribution in [3.05, 3.63) is 12.2 Å². The fourth-order valence-corrected chi connectivity index (χ4v) is 10.5. The number of ketones is 3. The molecule has 0 saturated heterocycles. The molecule has 420 valence electrons. The van der Waals surface area contributed by atoms with Gasteiger partial charge in [-0.05, 0) is 44.9 Å². The van der Waals surface area contributed by atoms with Gasteiger partial charge in [0.1, 0.15) is 0 Å². The van der Waals surface area contributed by atoms with Crippen molar-refractivity contribution in [3.8, 4) is 0 Å². The highest BCUT2D eigenvalue weighted by Crippen LogP contribution is 2.27. The number of carbonyl (C=O) groups excluding carboxylic acids is 3. The van der Waals surface area contributed by atoms with Crippen molar-refractivity contribution < 1.29 is 29.7 Å². The number of carbonyl (C=O) groups is 3. The summed E-state index contributed by atoms with van der Waals surface area (Å²) in [6.45, 7) is 6.80. The van der Waals surface area contributed by atoms with Gasteiger partial charge in [-0.3, -0.25) is 14.4 Å². The average Bonchev–Trinajstić information content (AvgIpc) is 3.37. The van der Waals surface area contributed by atoms with Gasteiger partial charge in [-0.25, -0.2) is 0 Å². The van der Waals surface area contributed by atoms with Crippen LogP contribution < -0.4 is 0 Å². The van der Waals surface area contributed by atoms with Gasteiger partial charge in [-0.2, -0.15) is 0 Å². The molecule has 2 atom stereocenters. The van der Waals surface area contributed by atoms with Crippen LogP contribution in [0.2, 0.25) is 0 Å². The number of aliphatic hydroxyl groups excluding tert-OH is 2. The third-order valence-electron chi connectivity index (χ3n) is 15.6. The van der Waals surface area contributed by atoms with Crippen LogP contribution in [-0.4, -0.2) is 50.5 Å². The summed E-state index contributed by atoms with van der Waals surface area (Å²) in [5.74, 6) is -2.11. The molecule has 6 heteroatoms. The van der Waals surface area contributed by atoms with E-state index in [-0.39, 0.29) is 19.3 Å². The topological polar surface area (TPSA) is 112 Å². The van der Waals surface area contributed by atoms with Gasteiger partial charge in [0.2, 0.25) is 0 Å². The van der Waals surface area contributed by atoms with Gasteiger partial charge in [0.05, 0.1) is 0 Å². The smallest absolute Gasteiger partial charge is 0.189 e. The van der Waals surface area contributed by atoms with Crippen molar-refractivity contribution in [3.63, 3.8) is 0 Å². The van der Waals surface area contributed by atoms with Gasteiger partial charge in [0.15, 0.2) is 35.2 Å². The monoisotopic (exact) mass is 1000 g/mol. The van der Waals surface area contributed by atoms with E-state index in [1.807, 2.05) is 0 Å². The Kier molecular flexibility index (Phi) is 53.8. The molecule has 0 radical (unpaired) electrons. The number of Topliss-reactive ketones (excluding diaryl/α,β-unsaturated/α-hetero) is 3. The van der Waals surface area contributed by atoms with Gasteiger partial charge < -0.3 is 15.3 Å². The summed E-state index contributed by atoms with van der Waals surface area (Å²) >= 11 is 0. The number of rotatable bonds is 60. The standard InChI is InChI=1S/C65H124O6/c1-4-7-10-13-16-19-22-25-28-30-32-34-37-39-42-45-48-51-54-57-60(66)63(69)65(71,62(68)59-56-53-50-47-44-41-36-27-24-21-18-15-12-9-6-3)64(70)61(67)58-55-52-49-46-43-40-38-35-33-31-29-26-23-20-17-14-11-8-5-2/h27,36,63-64,69-71H,4-26,28-35,37-59H2,1-3H3/b36-27-. The first-order chi connectivity index (χ1) is 34.8. The Morgan fingerprint density at radius 1 is 0.296 bits per heavy atom. The van der Waals surface area contributed by atoms with Crippen molar-refractivity contribution >= 4 is 17.3 Å². The molecule has 6 nitrogen and oxygen atoms in total. The van der Waals surface area contributed by atoms with E-state index < -0.39 is 35.2 Å². The molecule has 0 spiro atoms. The lowest BCUT2D eigenvalue weighted by Crippen LogP contribution is -2.63. The lowest BCUT2D eigenvalue weighted by Gasteiger charge is -2.34. The van der Waals surface area contributed by atoms with Gasteiger partial charge in [-0.1, -0.05) is 315 Å². The second-order valence-electron chi connectivity index (χ2n) is 22.5. The maximum Gasteiger partial charge on any atom is 0.189 e. The second-order valence-corrected chi connectivity index (χ2v) is 22.5. The minimum absolute atomic E-state index is 0.0171. The van der Waals surface area contributed by atoms with Crippen LogP contribution in [-0.2, 0) is 14.4 Å². The fraction of sp³-hybridized carbons (Fsp3) is 0.923. The first-order valence-electron chi connectivity index (χ1n) is 32.1. The van der Waals surface area contributed by atoms with E-state index in [0.29, 0.717) is 19.3 Å². The van der Waals surface area contributed by atoms with Gasteiger partial charge in [0, 0.05) is 19.3 Å². The molecule has 0 aromatic heterocycles. The van der Waals surface area contributed by atoms with Crippen molar-refractivity contribution in [2.24, 2.45) is 0 Å². The second kappa shape index (κ2) is 54.9. The Labute approximate surface area is 442 Å². The first kappa shape index (κ1) is 69.6. The Morgan fingerprint density at radius 3 is 0.704 bits per heavy atom. The van der Waals surface area contributed by atoms with Crippen LogP contribution in [0.4, 0.5) is 0 Å². The maximum atomic E-state index is 13.7. The Bertz CT molecular complexity index is 1100. The predicted octanol–water partition coefficient (Wildman–Crippen LogP) is 19.8. The van der Waals surface area contributed by atoms with Gasteiger partial charge in [-0.15, -0.1) is 0 Å². The SMILES string of the molecule is CCCCCCCC/C=C\CCCCCCCC(=O)C(O)(C(O)C(=O)CCCCCCCCCCCCCCCCCCCCC)C(O)C(=O)CCCCCCCCCCCCCCCCCCCCC. The number of allylic oxidation sites excluding steroid dienone is 2. The summed E-state index contributed by atoms with van der Waals surface area (Å²) in [5, 5.41) is 34.4. The molecule has 71 heavy (non-hydrogen) atoms. The molecule has 0 aromatic rings. The first-order valence-corrected chi connectivity index (χ1v) is 32.1. The highest BCUT2D eigenvalue weighted by Gasteiger charge is 2.53. The quantitative estimate of drug-likeness (QED) is 0.0413. The molecular weight excluding hydrogens is 877 g/mol. The predicted molar refractivity (Wildman–Crippen MR) is 307 cm³/mol. The number of aliphatic hydroxyl groups is 3. The molecule has 0 heterocycles. The van der Waals surface area contributed by atoms with Crippen LogP contribution in [0.5, 0.6) is 0 Å². The van der Waals surface area contributed by atoms with Crippen LogP contribution in [0.3, 0.4) is 0 Å². The molecule has 0 fully saturated rings. The van der Waals surface area contributed by atoms with Crippen LogP contribution in [0.15, 0.2) is 12.2 Å². The summed E-state index contributed by atoms with van der Waals surface area (Å²) in [6, 6.07) is 0. The highest BCUT2D eigenvalue weighted by molar-refractivity contribution is 6.01. The zero-order chi connectivity index (χ0) is 52.0. The van der Waals surface area contributed by atoms with E-state index in [4.69, 9.17) is 0 Å². The summed E-state index contributed by atoms with van der Waals surface area (Å²) in [4.78, 5) is 40.4. The Balaban J connectivity index is 4.65. The highest BCUT2D eigenvalue weighted by atomic mass is 16.4. The van der Waals surface area contributed by atoms with E-state index in [1.54, 1.807) is 0 Å². The Hall–Kier alpha value is -1.37. The van der Waals surface area contributed by atoms with Crippen molar-refractivity contribution in [1.82, 2.24) is 0 Å². The van der Waals surface area contributed by atoms with Crippen LogP contribution in [0.25, 0.3) is 0 Å². The van der Waals surface area contributed by atoms with Crippen LogP contribution in [0, 0.1) is 0 Å². The molecule has 0 saturated carbocycles. The number of hydrogen-bond acceptors (Lipinski definition) is 6. The molecule has 0 aromatic carbocycles. The van der Waals surface area contributed by atoms with E-state index in [9.17, 15) is 29.7 Å². The molecule has 2 unspecified atom stereocenters. The van der Waals surface area contributed by atoms with Gasteiger partial charge >= 0.3 is 0 Å². The largest absolute Gasteiger partial charge is 0.382 e. The minimum atomic E-state index is -2.81. The van der Waals surface area contributed by atoms with E-state index >= 15 is 0 Å². The normalized spacial score (nSPS) is 13.5. The molecule has 0 amide bonds. The van der Waals surface area contributed by atoms with Gasteiger partial charge in [0.25, 0.3) is 0 Å². The van der Waals surface area contributed by atoms with E-state index in [0.717, 1.165) is 77.0 Å². The summed E-state index contributed by atoms with van der Waals surface area (Å²) < 4.78 is 0. The number of hydrogen-bond donors (Lipinski definition) is 3. The molecular formula is C65H124O6. The summed E-state index contributed by atoms with van der Waals surface area (Å²) in [6.07, 6.45) is 62.2. The zero-order valence-corrected chi connectivity index (χ0v) is 48.1. The third kappa shape index (κ3) is 43.6. The average molecular weight is 1000 g/mol. The van der Waals surface area contributed by atoms with E-state index in [2.05, 4.69) is 32.9 Å². The number of unbranched alkanes of at least 4 members (excludes halogenated alkanes) is 47. The maximum absolute atomic E-state index is 13.7.